The molecule has 72 valence electrons. The lowest BCUT2D eigenvalue weighted by Crippen LogP contribution is -2.33. The van der Waals surface area contributed by atoms with Crippen molar-refractivity contribution < 1.29 is 8.23 Å². The van der Waals surface area contributed by atoms with Crippen LogP contribution in [0.3, 0.4) is 0 Å². The van der Waals surface area contributed by atoms with Gasteiger partial charge in [0.25, 0.3) is 0 Å². The zero-order chi connectivity index (χ0) is 9.52. The fourth-order valence-corrected chi connectivity index (χ4v) is 10.7. The highest BCUT2D eigenvalue weighted by Gasteiger charge is 2.06. The average Bonchev–Trinajstić information content (AvgIpc) is 2.19. The van der Waals surface area contributed by atoms with Crippen LogP contribution < -0.4 is 5.19 Å². The van der Waals surface area contributed by atoms with Crippen LogP contribution in [0, 0.1) is 0 Å². The third-order valence-electron chi connectivity index (χ3n) is 1.92. The summed E-state index contributed by atoms with van der Waals surface area (Å²) in [6, 6.07) is 10.6. The van der Waals surface area contributed by atoms with Crippen LogP contribution >= 0.6 is 0 Å². The van der Waals surface area contributed by atoms with E-state index in [2.05, 4.69) is 36.9 Å². The molecule has 0 aliphatic heterocycles. The molecule has 0 amide bonds. The van der Waals surface area contributed by atoms with Crippen LogP contribution in [0.15, 0.2) is 30.3 Å². The molecule has 1 atom stereocenters. The summed E-state index contributed by atoms with van der Waals surface area (Å²) in [7, 11) is -0.639. The van der Waals surface area contributed by atoms with E-state index in [9.17, 15) is 0 Å². The molecule has 0 spiro atoms. The van der Waals surface area contributed by atoms with Gasteiger partial charge in [0.1, 0.15) is 10.5 Å². The molecule has 0 saturated carbocycles. The van der Waals surface area contributed by atoms with Gasteiger partial charge in [-0.2, -0.15) is 0 Å². The first-order valence-electron chi connectivity index (χ1n) is 4.50. The van der Waals surface area contributed by atoms with Crippen LogP contribution in [0.1, 0.15) is 0 Å². The van der Waals surface area contributed by atoms with Gasteiger partial charge in [-0.1, -0.05) is 30.3 Å². The zero-order valence-electron chi connectivity index (χ0n) is 8.19. The van der Waals surface area contributed by atoms with Gasteiger partial charge < -0.3 is 8.23 Å². The molecule has 1 rings (SSSR count). The van der Waals surface area contributed by atoms with Crippen molar-refractivity contribution in [2.24, 2.45) is 0 Å². The minimum Gasteiger partial charge on any atom is -0.468 e. The van der Waals surface area contributed by atoms with Gasteiger partial charge in [-0.05, 0) is 11.7 Å². The third kappa shape index (κ3) is 4.16. The van der Waals surface area contributed by atoms with Crippen molar-refractivity contribution in [3.8, 4) is 0 Å². The summed E-state index contributed by atoms with van der Waals surface area (Å²) in [4.78, 5) is 0. The molecular formula is C7H16O2Si4. The van der Waals surface area contributed by atoms with Gasteiger partial charge in [-0.15, -0.1) is 0 Å². The fourth-order valence-electron chi connectivity index (χ4n) is 1.13. The molecule has 0 bridgehead atoms. The van der Waals surface area contributed by atoms with Gasteiger partial charge in [0, 0.05) is 0 Å². The molecule has 0 N–H and O–H groups in total. The molecule has 2 nitrogen and oxygen atoms in total. The quantitative estimate of drug-likeness (QED) is 0.426. The van der Waals surface area contributed by atoms with Crippen LogP contribution in [0.4, 0.5) is 0 Å². The van der Waals surface area contributed by atoms with Crippen molar-refractivity contribution >= 4 is 43.3 Å². The molecule has 6 heteroatoms. The van der Waals surface area contributed by atoms with Crippen molar-refractivity contribution in [2.45, 2.75) is 6.55 Å². The number of hydrogen-bond acceptors (Lipinski definition) is 2. The van der Waals surface area contributed by atoms with E-state index in [-0.39, 0.29) is 18.6 Å². The molecule has 0 radical (unpaired) electrons. The summed E-state index contributed by atoms with van der Waals surface area (Å²) in [5.74, 6) is 0. The Kier molecular flexibility index (Phi) is 5.51. The second-order valence-corrected chi connectivity index (χ2v) is 11.8. The highest BCUT2D eigenvalue weighted by atomic mass is 29.2. The SMILES string of the molecule is C[SiH](O[SiH2][SiH2]O[SiH3])c1ccccc1. The smallest absolute Gasteiger partial charge is 0.191 e. The molecule has 0 saturated heterocycles. The van der Waals surface area contributed by atoms with E-state index in [1.807, 2.05) is 0 Å². The van der Waals surface area contributed by atoms with Crippen molar-refractivity contribution in [3.63, 3.8) is 0 Å². The Morgan fingerprint density at radius 1 is 1.23 bits per heavy atom. The van der Waals surface area contributed by atoms with E-state index >= 15 is 0 Å². The normalized spacial score (nSPS) is 14.8. The van der Waals surface area contributed by atoms with Crippen LogP contribution in [0.5, 0.6) is 0 Å². The van der Waals surface area contributed by atoms with Crippen molar-refractivity contribution in [3.05, 3.63) is 30.3 Å². The molecule has 1 aromatic rings. The molecule has 0 aliphatic rings. The average molecular weight is 245 g/mol. The van der Waals surface area contributed by atoms with Crippen LogP contribution in [0.2, 0.25) is 6.55 Å². The molecule has 0 fully saturated rings. The Hall–Kier alpha value is 0.00753. The fraction of sp³-hybridized carbons (Fsp3) is 0.143. The molecule has 13 heavy (non-hydrogen) atoms. The summed E-state index contributed by atoms with van der Waals surface area (Å²) in [6.45, 7) is 2.25. The van der Waals surface area contributed by atoms with Gasteiger partial charge in [0.05, 0.1) is 0 Å². The first-order chi connectivity index (χ1) is 6.34. The second-order valence-electron chi connectivity index (χ2n) is 2.92. The predicted octanol–water partition coefficient (Wildman–Crippen LogP) is -2.36. The largest absolute Gasteiger partial charge is 0.468 e. The van der Waals surface area contributed by atoms with E-state index in [0.29, 0.717) is 0 Å². The van der Waals surface area contributed by atoms with Crippen LogP contribution in [-0.2, 0) is 8.23 Å². The third-order valence-corrected chi connectivity index (χ3v) is 14.3. The number of rotatable bonds is 5. The molecule has 0 aromatic heterocycles. The minimum absolute atomic E-state index is 0.213. The highest BCUT2D eigenvalue weighted by Crippen LogP contribution is 1.88. The number of hydrogen-bond donors (Lipinski definition) is 0. The maximum atomic E-state index is 5.91. The maximum absolute atomic E-state index is 5.91. The van der Waals surface area contributed by atoms with Crippen LogP contribution in [-0.4, -0.2) is 38.1 Å². The summed E-state index contributed by atoms with van der Waals surface area (Å²) >= 11 is 0. The van der Waals surface area contributed by atoms with Gasteiger partial charge >= 0.3 is 0 Å². The summed E-state index contributed by atoms with van der Waals surface area (Å²) in [5.41, 5.74) is 0. The summed E-state index contributed by atoms with van der Waals surface area (Å²) < 4.78 is 11.2. The van der Waals surface area contributed by atoms with E-state index in [0.717, 1.165) is 10.5 Å². The lowest BCUT2D eigenvalue weighted by Gasteiger charge is -2.11. The maximum Gasteiger partial charge on any atom is 0.191 e. The highest BCUT2D eigenvalue weighted by molar-refractivity contribution is 6.97. The van der Waals surface area contributed by atoms with Crippen LogP contribution in [0.25, 0.3) is 0 Å². The van der Waals surface area contributed by atoms with E-state index < -0.39 is 9.04 Å². The van der Waals surface area contributed by atoms with Crippen molar-refractivity contribution in [1.82, 2.24) is 0 Å². The standard InChI is InChI=1S/C7H16O2Si4/c1-13(9-12-11-8-10)7-5-3-2-4-6-7/h2-6,13H,11-12H2,1,10H3. The second kappa shape index (κ2) is 6.46. The lowest BCUT2D eigenvalue weighted by molar-refractivity contribution is 0.625. The lowest BCUT2D eigenvalue weighted by atomic mass is 10.4. The first-order valence-corrected chi connectivity index (χ1v) is 12.7. The minimum atomic E-state index is -1.06. The van der Waals surface area contributed by atoms with Gasteiger partial charge in [-0.25, -0.2) is 0 Å². The Bertz CT molecular complexity index is 231. The Morgan fingerprint density at radius 2 is 1.92 bits per heavy atom. The monoisotopic (exact) mass is 244 g/mol. The Morgan fingerprint density at radius 3 is 2.54 bits per heavy atom. The Balaban J connectivity index is 2.35. The van der Waals surface area contributed by atoms with Crippen molar-refractivity contribution in [1.29, 1.82) is 0 Å². The molecule has 1 unspecified atom stereocenters. The van der Waals surface area contributed by atoms with E-state index in [1.54, 1.807) is 0 Å². The van der Waals surface area contributed by atoms with Gasteiger partial charge in [0.15, 0.2) is 27.6 Å². The zero-order valence-corrected chi connectivity index (χ0v) is 14.2. The molecule has 0 heterocycles. The topological polar surface area (TPSA) is 18.5 Å². The Labute approximate surface area is 88.6 Å². The molecular weight excluding hydrogens is 228 g/mol. The van der Waals surface area contributed by atoms with Gasteiger partial charge in [0.2, 0.25) is 0 Å². The first kappa shape index (κ1) is 11.1. The molecule has 0 aliphatic carbocycles. The number of benzene rings is 1. The van der Waals surface area contributed by atoms with Gasteiger partial charge in [-0.3, -0.25) is 0 Å². The predicted molar refractivity (Wildman–Crippen MR) is 68.3 cm³/mol. The summed E-state index contributed by atoms with van der Waals surface area (Å²) in [5, 5.41) is 1.41. The van der Waals surface area contributed by atoms with E-state index in [1.165, 1.54) is 5.19 Å². The van der Waals surface area contributed by atoms with Crippen molar-refractivity contribution in [2.75, 3.05) is 0 Å². The molecule has 1 aromatic carbocycles. The van der Waals surface area contributed by atoms with E-state index in [4.69, 9.17) is 8.23 Å². The summed E-state index contributed by atoms with van der Waals surface area (Å²) in [6.07, 6.45) is 0.